The number of benzene rings is 1. The van der Waals surface area contributed by atoms with Crippen molar-refractivity contribution in [2.24, 2.45) is 5.73 Å². The van der Waals surface area contributed by atoms with Crippen LogP contribution in [-0.4, -0.2) is 9.97 Å². The Labute approximate surface area is 128 Å². The first-order valence-electron chi connectivity index (χ1n) is 6.21. The highest BCUT2D eigenvalue weighted by atomic mass is 32.1. The Balaban J connectivity index is 2.34. The van der Waals surface area contributed by atoms with Gasteiger partial charge in [-0.25, -0.2) is 4.39 Å². The summed E-state index contributed by atoms with van der Waals surface area (Å²) in [6, 6.07) is 7.53. The zero-order valence-corrected chi connectivity index (χ0v) is 11.8. The molecule has 8 heteroatoms. The lowest BCUT2D eigenvalue weighted by atomic mass is 9.85. The Bertz CT molecular complexity index is 954. The second kappa shape index (κ2) is 5.13. The van der Waals surface area contributed by atoms with E-state index in [0.29, 0.717) is 5.56 Å². The summed E-state index contributed by atoms with van der Waals surface area (Å²) in [5, 5.41) is 9.33. The Morgan fingerprint density at radius 1 is 1.41 bits per heavy atom. The summed E-state index contributed by atoms with van der Waals surface area (Å²) in [6.45, 7) is 0. The van der Waals surface area contributed by atoms with Gasteiger partial charge in [0.2, 0.25) is 11.8 Å². The monoisotopic (exact) mass is 316 g/mol. The molecule has 6 nitrogen and oxygen atoms in total. The summed E-state index contributed by atoms with van der Waals surface area (Å²) in [5.41, 5.74) is 5.81. The van der Waals surface area contributed by atoms with Crippen molar-refractivity contribution in [3.63, 3.8) is 0 Å². The molecule has 2 aromatic rings. The van der Waals surface area contributed by atoms with E-state index in [-0.39, 0.29) is 27.7 Å². The van der Waals surface area contributed by atoms with Crippen LogP contribution >= 0.6 is 12.2 Å². The lowest BCUT2D eigenvalue weighted by molar-refractivity contribution is 0.374. The number of allylic oxidation sites excluding steroid dienone is 1. The number of fused-ring (bicyclic) bond motifs is 1. The molecule has 0 aliphatic carbocycles. The van der Waals surface area contributed by atoms with E-state index < -0.39 is 17.3 Å². The van der Waals surface area contributed by atoms with E-state index in [0.717, 1.165) is 0 Å². The molecule has 0 radical (unpaired) electrons. The highest BCUT2D eigenvalue weighted by Gasteiger charge is 2.33. The van der Waals surface area contributed by atoms with Gasteiger partial charge in [0.05, 0.1) is 11.5 Å². The van der Waals surface area contributed by atoms with Gasteiger partial charge >= 0.3 is 0 Å². The smallest absolute Gasteiger partial charge is 0.259 e. The Kier molecular flexibility index (Phi) is 3.27. The lowest BCUT2D eigenvalue weighted by Gasteiger charge is -2.24. The predicted molar refractivity (Wildman–Crippen MR) is 77.9 cm³/mol. The van der Waals surface area contributed by atoms with Gasteiger partial charge in [-0.05, 0) is 29.9 Å². The van der Waals surface area contributed by atoms with Gasteiger partial charge in [0.1, 0.15) is 17.5 Å². The number of H-pyrrole nitrogens is 2. The second-order valence-corrected chi connectivity index (χ2v) is 5.04. The van der Waals surface area contributed by atoms with Crippen LogP contribution in [0, 0.1) is 21.9 Å². The van der Waals surface area contributed by atoms with Crippen molar-refractivity contribution in [2.75, 3.05) is 0 Å². The van der Waals surface area contributed by atoms with Crippen molar-refractivity contribution in [3.05, 3.63) is 67.8 Å². The van der Waals surface area contributed by atoms with Crippen LogP contribution in [0.4, 0.5) is 4.39 Å². The van der Waals surface area contributed by atoms with Crippen molar-refractivity contribution >= 4 is 12.2 Å². The minimum atomic E-state index is -0.833. The van der Waals surface area contributed by atoms with Gasteiger partial charge in [-0.2, -0.15) is 5.26 Å². The van der Waals surface area contributed by atoms with Crippen molar-refractivity contribution < 1.29 is 9.13 Å². The molecule has 0 saturated carbocycles. The maximum atomic E-state index is 13.5. The fourth-order valence-corrected chi connectivity index (χ4v) is 2.59. The summed E-state index contributed by atoms with van der Waals surface area (Å²) in [7, 11) is 0. The molecule has 3 rings (SSSR count). The molecule has 0 fully saturated rings. The molecule has 0 amide bonds. The van der Waals surface area contributed by atoms with Crippen LogP contribution < -0.4 is 16.0 Å². The van der Waals surface area contributed by atoms with E-state index in [1.807, 2.05) is 6.07 Å². The first-order valence-corrected chi connectivity index (χ1v) is 6.61. The van der Waals surface area contributed by atoms with Crippen LogP contribution in [0.25, 0.3) is 0 Å². The standard InChI is InChI=1S/C14H9FN4O2S/c15-7-3-1-2-6(4-7)9-8(5-16)11(17)21-13-10(9)12(20)18-14(22)19-13/h1-4,9H,17H2,(H2,18,19,20,22)/t9-/m0/s1. The Morgan fingerprint density at radius 2 is 2.18 bits per heavy atom. The highest BCUT2D eigenvalue weighted by molar-refractivity contribution is 7.71. The number of nitrogens with one attached hydrogen (secondary N) is 2. The fourth-order valence-electron chi connectivity index (χ4n) is 2.41. The van der Waals surface area contributed by atoms with Crippen LogP contribution in [0.5, 0.6) is 5.88 Å². The van der Waals surface area contributed by atoms with Crippen molar-refractivity contribution in [1.29, 1.82) is 5.26 Å². The molecular formula is C14H9FN4O2S. The summed E-state index contributed by atoms with van der Waals surface area (Å²) in [5.74, 6) is -1.42. The number of nitrogens with two attached hydrogens (primary N) is 1. The van der Waals surface area contributed by atoms with Crippen LogP contribution in [0.15, 0.2) is 40.5 Å². The molecule has 0 unspecified atom stereocenters. The number of hydrogen-bond donors (Lipinski definition) is 3. The van der Waals surface area contributed by atoms with E-state index in [9.17, 15) is 14.4 Å². The summed E-state index contributed by atoms with van der Waals surface area (Å²) in [6.07, 6.45) is 0. The predicted octanol–water partition coefficient (Wildman–Crippen LogP) is 1.79. The Hall–Kier alpha value is -2.92. The van der Waals surface area contributed by atoms with Crippen molar-refractivity contribution in [1.82, 2.24) is 9.97 Å². The lowest BCUT2D eigenvalue weighted by Crippen LogP contribution is -2.28. The molecule has 1 atom stereocenters. The normalized spacial score (nSPS) is 16.6. The first kappa shape index (κ1) is 14.0. The minimum absolute atomic E-state index is 0.0362. The first-order chi connectivity index (χ1) is 10.5. The molecule has 1 aliphatic heterocycles. The van der Waals surface area contributed by atoms with Crippen LogP contribution in [0.3, 0.4) is 0 Å². The molecule has 1 aromatic heterocycles. The third kappa shape index (κ3) is 2.17. The number of aromatic amines is 2. The number of aromatic nitrogens is 2. The fraction of sp³-hybridized carbons (Fsp3) is 0.0714. The maximum Gasteiger partial charge on any atom is 0.259 e. The van der Waals surface area contributed by atoms with Crippen LogP contribution in [-0.2, 0) is 0 Å². The maximum absolute atomic E-state index is 13.5. The quantitative estimate of drug-likeness (QED) is 0.695. The van der Waals surface area contributed by atoms with E-state index in [2.05, 4.69) is 9.97 Å². The largest absolute Gasteiger partial charge is 0.424 e. The zero-order valence-electron chi connectivity index (χ0n) is 11.0. The van der Waals surface area contributed by atoms with Gasteiger partial charge in [0.25, 0.3) is 5.56 Å². The van der Waals surface area contributed by atoms with Crippen molar-refractivity contribution in [3.8, 4) is 11.9 Å². The molecule has 110 valence electrons. The second-order valence-electron chi connectivity index (χ2n) is 4.63. The van der Waals surface area contributed by atoms with Gasteiger partial charge < -0.3 is 15.5 Å². The topological polar surface area (TPSA) is 108 Å². The van der Waals surface area contributed by atoms with Crippen molar-refractivity contribution in [2.45, 2.75) is 5.92 Å². The van der Waals surface area contributed by atoms with E-state index >= 15 is 0 Å². The summed E-state index contributed by atoms with van der Waals surface area (Å²) in [4.78, 5) is 17.3. The van der Waals surface area contributed by atoms with E-state index in [4.69, 9.17) is 22.7 Å². The molecule has 4 N–H and O–H groups in total. The van der Waals surface area contributed by atoms with Crippen LogP contribution in [0.1, 0.15) is 17.0 Å². The van der Waals surface area contributed by atoms with Gasteiger partial charge in [0.15, 0.2) is 4.77 Å². The van der Waals surface area contributed by atoms with Crippen LogP contribution in [0.2, 0.25) is 0 Å². The number of rotatable bonds is 1. The number of halogens is 1. The molecule has 1 aromatic carbocycles. The average Bonchev–Trinajstić information content (AvgIpc) is 2.45. The Morgan fingerprint density at radius 3 is 2.86 bits per heavy atom. The highest BCUT2D eigenvalue weighted by Crippen LogP contribution is 2.38. The van der Waals surface area contributed by atoms with Gasteiger partial charge in [-0.3, -0.25) is 9.78 Å². The molecule has 1 aliphatic rings. The molecule has 0 saturated heterocycles. The number of nitrogens with zero attached hydrogens (tertiary/aromatic N) is 1. The SMILES string of the molecule is N#CC1=C(N)Oc2[nH]c(=S)[nH]c(=O)c2[C@H]1c1cccc(F)c1. The molecular weight excluding hydrogens is 307 g/mol. The molecule has 22 heavy (non-hydrogen) atoms. The van der Waals surface area contributed by atoms with E-state index in [1.165, 1.54) is 18.2 Å². The zero-order chi connectivity index (χ0) is 15.9. The van der Waals surface area contributed by atoms with Gasteiger partial charge in [-0.15, -0.1) is 0 Å². The average molecular weight is 316 g/mol. The van der Waals surface area contributed by atoms with Gasteiger partial charge in [0, 0.05) is 0 Å². The summed E-state index contributed by atoms with van der Waals surface area (Å²) < 4.78 is 18.9. The molecule has 0 bridgehead atoms. The number of ether oxygens (including phenoxy) is 1. The molecule has 0 spiro atoms. The van der Waals surface area contributed by atoms with E-state index in [1.54, 1.807) is 6.07 Å². The number of nitriles is 1. The minimum Gasteiger partial charge on any atom is -0.424 e. The third-order valence-corrected chi connectivity index (χ3v) is 3.50. The number of hydrogen-bond acceptors (Lipinski definition) is 5. The molecule has 2 heterocycles. The summed E-state index contributed by atoms with van der Waals surface area (Å²) >= 11 is 4.88. The van der Waals surface area contributed by atoms with Gasteiger partial charge in [-0.1, -0.05) is 12.1 Å². The third-order valence-electron chi connectivity index (χ3n) is 3.30.